The fourth-order valence-corrected chi connectivity index (χ4v) is 3.07. The first-order valence-electron chi connectivity index (χ1n) is 8.71. The van der Waals surface area contributed by atoms with Gasteiger partial charge in [0.25, 0.3) is 5.91 Å². The highest BCUT2D eigenvalue weighted by atomic mass is 127. The van der Waals surface area contributed by atoms with Crippen molar-refractivity contribution in [3.63, 3.8) is 0 Å². The van der Waals surface area contributed by atoms with Crippen molar-refractivity contribution in [2.75, 3.05) is 5.32 Å². The Labute approximate surface area is 185 Å². The van der Waals surface area contributed by atoms with Crippen LogP contribution in [0.4, 0.5) is 10.1 Å². The summed E-state index contributed by atoms with van der Waals surface area (Å²) in [7, 11) is 0. The molecule has 3 aromatic carbocycles. The summed E-state index contributed by atoms with van der Waals surface area (Å²) in [5.74, 6) is -1.61. The van der Waals surface area contributed by atoms with Gasteiger partial charge in [-0.3, -0.25) is 4.79 Å². The third-order valence-electron chi connectivity index (χ3n) is 3.89. The molecule has 3 rings (SSSR count). The number of halogens is 2. The van der Waals surface area contributed by atoms with Crippen LogP contribution in [-0.4, -0.2) is 11.9 Å². The molecule has 0 unspecified atom stereocenters. The fraction of sp³-hybridized carbons (Fsp3) is 0. The van der Waals surface area contributed by atoms with Gasteiger partial charge in [0.05, 0.1) is 5.56 Å². The third kappa shape index (κ3) is 5.75. The number of anilines is 1. The Morgan fingerprint density at radius 2 is 1.80 bits per heavy atom. The zero-order chi connectivity index (χ0) is 21.5. The third-order valence-corrected chi connectivity index (χ3v) is 4.56. The van der Waals surface area contributed by atoms with E-state index in [4.69, 9.17) is 4.74 Å². The molecule has 3 aromatic rings. The number of benzene rings is 3. The van der Waals surface area contributed by atoms with Crippen LogP contribution in [-0.2, 0) is 4.79 Å². The van der Waals surface area contributed by atoms with Crippen molar-refractivity contribution in [1.82, 2.24) is 0 Å². The van der Waals surface area contributed by atoms with Gasteiger partial charge in [-0.05, 0) is 82.8 Å². The number of nitrogens with zero attached hydrogens (tertiary/aromatic N) is 1. The maximum atomic E-state index is 13.3. The lowest BCUT2D eigenvalue weighted by Crippen LogP contribution is -2.13. The monoisotopic (exact) mass is 512 g/mol. The number of hydrogen-bond acceptors (Lipinski definition) is 4. The van der Waals surface area contributed by atoms with Crippen molar-refractivity contribution >= 4 is 46.2 Å². The lowest BCUT2D eigenvalue weighted by Gasteiger charge is -2.06. The highest BCUT2D eigenvalue weighted by Gasteiger charge is 2.12. The summed E-state index contributed by atoms with van der Waals surface area (Å²) in [5, 5.41) is 12.1. The van der Waals surface area contributed by atoms with Gasteiger partial charge < -0.3 is 10.1 Å². The number of rotatable bonds is 5. The summed E-state index contributed by atoms with van der Waals surface area (Å²) in [6.45, 7) is 0. The van der Waals surface area contributed by atoms with Crippen LogP contribution in [0.5, 0.6) is 5.75 Å². The molecule has 0 aliphatic rings. The molecule has 1 amide bonds. The Bertz CT molecular complexity index is 1180. The van der Waals surface area contributed by atoms with E-state index in [9.17, 15) is 19.2 Å². The van der Waals surface area contributed by atoms with Crippen LogP contribution in [0.2, 0.25) is 0 Å². The number of hydrogen-bond donors (Lipinski definition) is 1. The zero-order valence-electron chi connectivity index (χ0n) is 15.4. The highest BCUT2D eigenvalue weighted by Crippen LogP contribution is 2.19. The minimum absolute atomic E-state index is 0.0746. The average molecular weight is 512 g/mol. The first kappa shape index (κ1) is 21.2. The van der Waals surface area contributed by atoms with Crippen LogP contribution in [0.15, 0.2) is 78.4 Å². The molecule has 1 N–H and O–H groups in total. The number of amides is 1. The van der Waals surface area contributed by atoms with Crippen molar-refractivity contribution in [1.29, 1.82) is 5.26 Å². The highest BCUT2D eigenvalue weighted by molar-refractivity contribution is 14.1. The molecular weight excluding hydrogens is 498 g/mol. The van der Waals surface area contributed by atoms with Crippen LogP contribution in [0.1, 0.15) is 15.9 Å². The number of nitriles is 1. The largest absolute Gasteiger partial charge is 0.423 e. The van der Waals surface area contributed by atoms with Crippen LogP contribution in [0, 0.1) is 20.7 Å². The SMILES string of the molecule is N#C/C(=C\c1cccc(OC(=O)c2cccc(F)c2)c1)C(=O)Nc1cccc(I)c1. The molecule has 0 fully saturated rings. The lowest BCUT2D eigenvalue weighted by molar-refractivity contribution is -0.112. The summed E-state index contributed by atoms with van der Waals surface area (Å²) in [6, 6.07) is 20.6. The molecule has 0 bridgehead atoms. The van der Waals surface area contributed by atoms with E-state index in [1.807, 2.05) is 12.1 Å². The van der Waals surface area contributed by atoms with E-state index in [-0.39, 0.29) is 16.9 Å². The Hall–Kier alpha value is -3.51. The number of carbonyl (C=O) groups is 2. The van der Waals surface area contributed by atoms with Crippen LogP contribution < -0.4 is 10.1 Å². The molecule has 0 aliphatic carbocycles. The van der Waals surface area contributed by atoms with Crippen LogP contribution in [0.25, 0.3) is 6.08 Å². The molecule has 0 aliphatic heterocycles. The molecule has 0 radical (unpaired) electrons. The van der Waals surface area contributed by atoms with Crippen molar-refractivity contribution in [3.8, 4) is 11.8 Å². The maximum absolute atomic E-state index is 13.3. The molecular formula is C23H14FIN2O3. The zero-order valence-corrected chi connectivity index (χ0v) is 17.6. The predicted molar refractivity (Wildman–Crippen MR) is 119 cm³/mol. The van der Waals surface area contributed by atoms with Gasteiger partial charge in [0.2, 0.25) is 0 Å². The second-order valence-corrected chi connectivity index (χ2v) is 7.35. The summed E-state index contributed by atoms with van der Waals surface area (Å²) >= 11 is 2.12. The van der Waals surface area contributed by atoms with Gasteiger partial charge in [0, 0.05) is 9.26 Å². The Kier molecular flexibility index (Phi) is 6.93. The first-order chi connectivity index (χ1) is 14.4. The summed E-state index contributed by atoms with van der Waals surface area (Å²) in [6.07, 6.45) is 1.39. The average Bonchev–Trinajstić information content (AvgIpc) is 2.72. The molecule has 5 nitrogen and oxygen atoms in total. The maximum Gasteiger partial charge on any atom is 0.343 e. The van der Waals surface area contributed by atoms with Gasteiger partial charge in [-0.1, -0.05) is 24.3 Å². The number of ether oxygens (including phenoxy) is 1. The van der Waals surface area contributed by atoms with Gasteiger partial charge in [-0.25, -0.2) is 9.18 Å². The topological polar surface area (TPSA) is 79.2 Å². The van der Waals surface area contributed by atoms with E-state index >= 15 is 0 Å². The molecule has 0 spiro atoms. The minimum Gasteiger partial charge on any atom is -0.423 e. The molecule has 7 heteroatoms. The van der Waals surface area contributed by atoms with E-state index in [0.717, 1.165) is 9.64 Å². The van der Waals surface area contributed by atoms with Crippen LogP contribution >= 0.6 is 22.6 Å². The Morgan fingerprint density at radius 3 is 2.53 bits per heavy atom. The summed E-state index contributed by atoms with van der Waals surface area (Å²) in [5.41, 5.74) is 1.03. The normalized spacial score (nSPS) is 10.8. The molecule has 148 valence electrons. The smallest absolute Gasteiger partial charge is 0.343 e. The quantitative estimate of drug-likeness (QED) is 0.168. The van der Waals surface area contributed by atoms with Crippen molar-refractivity contribution in [3.05, 3.63) is 98.9 Å². The van der Waals surface area contributed by atoms with E-state index < -0.39 is 17.7 Å². The predicted octanol–water partition coefficient (Wildman–Crippen LogP) is 5.20. The summed E-state index contributed by atoms with van der Waals surface area (Å²) in [4.78, 5) is 24.6. The van der Waals surface area contributed by atoms with Gasteiger partial charge in [-0.15, -0.1) is 0 Å². The van der Waals surface area contributed by atoms with Gasteiger partial charge >= 0.3 is 5.97 Å². The van der Waals surface area contributed by atoms with E-state index in [0.29, 0.717) is 11.3 Å². The number of nitrogens with one attached hydrogen (secondary N) is 1. The second-order valence-electron chi connectivity index (χ2n) is 6.11. The van der Waals surface area contributed by atoms with Gasteiger partial charge in [0.1, 0.15) is 23.2 Å². The molecule has 0 heterocycles. The first-order valence-corrected chi connectivity index (χ1v) is 9.79. The van der Waals surface area contributed by atoms with E-state index in [1.165, 1.54) is 30.3 Å². The van der Waals surface area contributed by atoms with Crippen molar-refractivity contribution in [2.24, 2.45) is 0 Å². The Balaban J connectivity index is 1.76. The number of carbonyl (C=O) groups excluding carboxylic acids is 2. The molecule has 0 saturated carbocycles. The van der Waals surface area contributed by atoms with E-state index in [2.05, 4.69) is 27.9 Å². The Morgan fingerprint density at radius 1 is 1.03 bits per heavy atom. The van der Waals surface area contributed by atoms with Gasteiger partial charge in [-0.2, -0.15) is 5.26 Å². The standard InChI is InChI=1S/C23H14FIN2O3/c24-18-6-2-5-16(12-18)23(29)30-21-9-1-4-15(11-21)10-17(14-26)22(28)27-20-8-3-7-19(25)13-20/h1-13H,(H,27,28)/b17-10+. The second kappa shape index (κ2) is 9.80. The molecule has 30 heavy (non-hydrogen) atoms. The van der Waals surface area contributed by atoms with Crippen molar-refractivity contribution < 1.29 is 18.7 Å². The lowest BCUT2D eigenvalue weighted by atomic mass is 10.1. The molecule has 0 aromatic heterocycles. The van der Waals surface area contributed by atoms with Crippen LogP contribution in [0.3, 0.4) is 0 Å². The molecule has 0 atom stereocenters. The van der Waals surface area contributed by atoms with Gasteiger partial charge in [0.15, 0.2) is 0 Å². The number of esters is 1. The fourth-order valence-electron chi connectivity index (χ4n) is 2.53. The van der Waals surface area contributed by atoms with Crippen molar-refractivity contribution in [2.45, 2.75) is 0 Å². The minimum atomic E-state index is -0.715. The molecule has 0 saturated heterocycles. The summed E-state index contributed by atoms with van der Waals surface area (Å²) < 4.78 is 19.5. The van der Waals surface area contributed by atoms with E-state index in [1.54, 1.807) is 36.4 Å².